The average molecular weight is 300 g/mol. The molecule has 21 heavy (non-hydrogen) atoms. The van der Waals surface area contributed by atoms with Crippen LogP contribution in [0, 0.1) is 11.6 Å². The Balaban J connectivity index is 2.22. The SMILES string of the molecule is CC(C)N(C)CCCCNCC(O)c1cc(F)ccc1F. The maximum Gasteiger partial charge on any atom is 0.129 e. The highest BCUT2D eigenvalue weighted by atomic mass is 19.1. The molecule has 1 atom stereocenters. The van der Waals surface area contributed by atoms with Crippen LogP contribution in [-0.2, 0) is 0 Å². The standard InChI is InChI=1S/C16H26F2N2O/c1-12(2)20(3)9-5-4-8-19-11-16(21)14-10-13(17)6-7-15(14)18/h6-7,10,12,16,19,21H,4-5,8-9,11H2,1-3H3. The molecular formula is C16H26F2N2O. The van der Waals surface area contributed by atoms with Crippen LogP contribution in [0.25, 0.3) is 0 Å². The molecule has 1 aromatic carbocycles. The van der Waals surface area contributed by atoms with E-state index in [4.69, 9.17) is 0 Å². The van der Waals surface area contributed by atoms with Crippen LogP contribution in [0.5, 0.6) is 0 Å². The summed E-state index contributed by atoms with van der Waals surface area (Å²) in [7, 11) is 2.09. The largest absolute Gasteiger partial charge is 0.387 e. The van der Waals surface area contributed by atoms with Gasteiger partial charge in [0.25, 0.3) is 0 Å². The molecule has 0 heterocycles. The zero-order valence-corrected chi connectivity index (χ0v) is 13.1. The van der Waals surface area contributed by atoms with Crippen molar-refractivity contribution in [3.8, 4) is 0 Å². The second-order valence-electron chi connectivity index (χ2n) is 5.67. The highest BCUT2D eigenvalue weighted by Gasteiger charge is 2.13. The third-order valence-electron chi connectivity index (χ3n) is 3.65. The van der Waals surface area contributed by atoms with Crippen molar-refractivity contribution in [3.63, 3.8) is 0 Å². The van der Waals surface area contributed by atoms with E-state index in [0.717, 1.165) is 44.1 Å². The maximum atomic E-state index is 13.5. The first-order valence-corrected chi connectivity index (χ1v) is 7.45. The molecule has 0 saturated heterocycles. The molecular weight excluding hydrogens is 274 g/mol. The van der Waals surface area contributed by atoms with Crippen LogP contribution in [0.4, 0.5) is 8.78 Å². The van der Waals surface area contributed by atoms with Gasteiger partial charge in [-0.05, 0) is 65.0 Å². The summed E-state index contributed by atoms with van der Waals surface area (Å²) < 4.78 is 26.5. The Morgan fingerprint density at radius 2 is 1.95 bits per heavy atom. The molecule has 0 amide bonds. The van der Waals surface area contributed by atoms with Gasteiger partial charge in [-0.25, -0.2) is 8.78 Å². The second-order valence-corrected chi connectivity index (χ2v) is 5.67. The summed E-state index contributed by atoms with van der Waals surface area (Å²) in [5.74, 6) is -1.12. The minimum atomic E-state index is -1.03. The van der Waals surface area contributed by atoms with Crippen molar-refractivity contribution >= 4 is 0 Å². The molecule has 1 unspecified atom stereocenters. The molecule has 0 aliphatic carbocycles. The maximum absolute atomic E-state index is 13.5. The van der Waals surface area contributed by atoms with Crippen LogP contribution in [0.3, 0.4) is 0 Å². The first-order chi connectivity index (χ1) is 9.91. The molecule has 0 aliphatic rings. The molecule has 0 spiro atoms. The quantitative estimate of drug-likeness (QED) is 0.688. The summed E-state index contributed by atoms with van der Waals surface area (Å²) in [5.41, 5.74) is 0.00189. The van der Waals surface area contributed by atoms with Gasteiger partial charge >= 0.3 is 0 Å². The summed E-state index contributed by atoms with van der Waals surface area (Å²) in [5, 5.41) is 12.9. The summed E-state index contributed by atoms with van der Waals surface area (Å²) in [6.45, 7) is 6.31. The van der Waals surface area contributed by atoms with Crippen LogP contribution in [0.2, 0.25) is 0 Å². The lowest BCUT2D eigenvalue weighted by molar-refractivity contribution is 0.169. The topological polar surface area (TPSA) is 35.5 Å². The van der Waals surface area contributed by atoms with Gasteiger partial charge in [-0.2, -0.15) is 0 Å². The van der Waals surface area contributed by atoms with Crippen LogP contribution in [-0.4, -0.2) is 42.7 Å². The Morgan fingerprint density at radius 1 is 1.24 bits per heavy atom. The second kappa shape index (κ2) is 9.07. The first kappa shape index (κ1) is 18.0. The molecule has 2 N–H and O–H groups in total. The van der Waals surface area contributed by atoms with Gasteiger partial charge in [0.2, 0.25) is 0 Å². The minimum absolute atomic E-state index is 0.00189. The third kappa shape index (κ3) is 6.50. The van der Waals surface area contributed by atoms with Crippen molar-refractivity contribution < 1.29 is 13.9 Å². The van der Waals surface area contributed by atoms with E-state index in [1.807, 2.05) is 0 Å². The van der Waals surface area contributed by atoms with E-state index in [-0.39, 0.29) is 12.1 Å². The molecule has 1 aromatic rings. The van der Waals surface area contributed by atoms with Crippen molar-refractivity contribution in [2.45, 2.75) is 38.8 Å². The van der Waals surface area contributed by atoms with Gasteiger partial charge in [0.1, 0.15) is 11.6 Å². The van der Waals surface area contributed by atoms with E-state index < -0.39 is 17.7 Å². The number of unbranched alkanes of at least 4 members (excludes halogenated alkanes) is 1. The summed E-state index contributed by atoms with van der Waals surface area (Å²) in [6.07, 6.45) is 1.01. The monoisotopic (exact) mass is 300 g/mol. The van der Waals surface area contributed by atoms with Crippen LogP contribution in [0.1, 0.15) is 38.4 Å². The molecule has 0 radical (unpaired) electrons. The number of nitrogens with one attached hydrogen (secondary N) is 1. The van der Waals surface area contributed by atoms with E-state index >= 15 is 0 Å². The zero-order chi connectivity index (χ0) is 15.8. The van der Waals surface area contributed by atoms with E-state index in [0.29, 0.717) is 6.04 Å². The summed E-state index contributed by atoms with van der Waals surface area (Å²) in [6, 6.07) is 3.66. The van der Waals surface area contributed by atoms with Gasteiger partial charge in [-0.1, -0.05) is 0 Å². The Hall–Kier alpha value is -1.04. The molecule has 0 saturated carbocycles. The minimum Gasteiger partial charge on any atom is -0.387 e. The molecule has 1 rings (SSSR count). The van der Waals surface area contributed by atoms with Crippen LogP contribution >= 0.6 is 0 Å². The zero-order valence-electron chi connectivity index (χ0n) is 13.1. The Morgan fingerprint density at radius 3 is 2.62 bits per heavy atom. The van der Waals surface area contributed by atoms with E-state index in [1.165, 1.54) is 0 Å². The average Bonchev–Trinajstić information content (AvgIpc) is 2.44. The predicted molar refractivity (Wildman–Crippen MR) is 81.2 cm³/mol. The normalized spacial score (nSPS) is 13.1. The number of nitrogens with zero attached hydrogens (tertiary/aromatic N) is 1. The number of halogens is 2. The van der Waals surface area contributed by atoms with Gasteiger partial charge in [0.05, 0.1) is 6.10 Å². The molecule has 5 heteroatoms. The van der Waals surface area contributed by atoms with Crippen molar-refractivity contribution in [1.29, 1.82) is 0 Å². The van der Waals surface area contributed by atoms with Crippen LogP contribution < -0.4 is 5.32 Å². The first-order valence-electron chi connectivity index (χ1n) is 7.45. The Kier molecular flexibility index (Phi) is 7.78. The molecule has 120 valence electrons. The molecule has 0 aromatic heterocycles. The van der Waals surface area contributed by atoms with Gasteiger partial charge in [0.15, 0.2) is 0 Å². The summed E-state index contributed by atoms with van der Waals surface area (Å²) in [4.78, 5) is 2.27. The number of rotatable bonds is 9. The number of hydrogen-bond acceptors (Lipinski definition) is 3. The third-order valence-corrected chi connectivity index (χ3v) is 3.65. The fraction of sp³-hybridized carbons (Fsp3) is 0.625. The lowest BCUT2D eigenvalue weighted by Crippen LogP contribution is -2.28. The smallest absolute Gasteiger partial charge is 0.129 e. The van der Waals surface area contributed by atoms with Gasteiger partial charge in [-0.3, -0.25) is 0 Å². The molecule has 0 bridgehead atoms. The highest BCUT2D eigenvalue weighted by molar-refractivity contribution is 5.21. The summed E-state index contributed by atoms with van der Waals surface area (Å²) >= 11 is 0. The van der Waals surface area contributed by atoms with Crippen molar-refractivity contribution in [3.05, 3.63) is 35.4 Å². The van der Waals surface area contributed by atoms with Crippen molar-refractivity contribution in [1.82, 2.24) is 10.2 Å². The fourth-order valence-electron chi connectivity index (χ4n) is 1.99. The van der Waals surface area contributed by atoms with Gasteiger partial charge in [0, 0.05) is 18.2 Å². The van der Waals surface area contributed by atoms with Crippen molar-refractivity contribution in [2.75, 3.05) is 26.7 Å². The Bertz CT molecular complexity index is 427. The number of hydrogen-bond donors (Lipinski definition) is 2. The van der Waals surface area contributed by atoms with E-state index in [2.05, 4.69) is 31.1 Å². The van der Waals surface area contributed by atoms with Gasteiger partial charge in [-0.15, -0.1) is 0 Å². The Labute approximate surface area is 126 Å². The molecule has 0 aliphatic heterocycles. The predicted octanol–water partition coefficient (Wildman–Crippen LogP) is 2.71. The van der Waals surface area contributed by atoms with E-state index in [1.54, 1.807) is 0 Å². The lowest BCUT2D eigenvalue weighted by atomic mass is 10.1. The molecule has 0 fully saturated rings. The van der Waals surface area contributed by atoms with Gasteiger partial charge < -0.3 is 15.3 Å². The lowest BCUT2D eigenvalue weighted by Gasteiger charge is -2.20. The van der Waals surface area contributed by atoms with Crippen molar-refractivity contribution in [2.24, 2.45) is 0 Å². The molecule has 3 nitrogen and oxygen atoms in total. The van der Waals surface area contributed by atoms with E-state index in [9.17, 15) is 13.9 Å². The van der Waals surface area contributed by atoms with Crippen LogP contribution in [0.15, 0.2) is 18.2 Å². The number of benzene rings is 1. The number of aliphatic hydroxyl groups is 1. The number of aliphatic hydroxyl groups excluding tert-OH is 1. The highest BCUT2D eigenvalue weighted by Crippen LogP contribution is 2.17. The fourth-order valence-corrected chi connectivity index (χ4v) is 1.99.